The van der Waals surface area contributed by atoms with Crippen molar-refractivity contribution in [1.82, 2.24) is 14.9 Å². The molecule has 5 rings (SSSR count). The summed E-state index contributed by atoms with van der Waals surface area (Å²) in [4.78, 5) is 23.4. The van der Waals surface area contributed by atoms with Gasteiger partial charge in [0.2, 0.25) is 5.91 Å². The average Bonchev–Trinajstić information content (AvgIpc) is 3.51. The first-order valence-corrected chi connectivity index (χ1v) is 13.8. The molecular weight excluding hydrogens is 442 g/mol. The summed E-state index contributed by atoms with van der Waals surface area (Å²) in [5.74, 6) is 3.45. The summed E-state index contributed by atoms with van der Waals surface area (Å²) in [5, 5.41) is 0. The van der Waals surface area contributed by atoms with Gasteiger partial charge >= 0.3 is 0 Å². The predicted octanol–water partition coefficient (Wildman–Crippen LogP) is 7.26. The molecule has 4 atom stereocenters. The third-order valence-electron chi connectivity index (χ3n) is 8.65. The highest BCUT2D eigenvalue weighted by molar-refractivity contribution is 5.82. The van der Waals surface area contributed by atoms with Crippen LogP contribution in [0.15, 0.2) is 48.0 Å². The molecule has 2 aromatic carbocycles. The fraction of sp³-hybridized carbons (Fsp3) is 0.500. The Morgan fingerprint density at radius 2 is 1.89 bits per heavy atom. The molecule has 1 saturated heterocycles. The zero-order valence-corrected chi connectivity index (χ0v) is 22.6. The summed E-state index contributed by atoms with van der Waals surface area (Å²) in [6.45, 7) is 12.9. The molecule has 4 heteroatoms. The number of carbonyl (C=O) groups excluding carboxylic acids is 1. The summed E-state index contributed by atoms with van der Waals surface area (Å²) >= 11 is 0. The first kappa shape index (κ1) is 24.8. The molecule has 1 aromatic heterocycles. The van der Waals surface area contributed by atoms with Crippen LogP contribution < -0.4 is 0 Å². The zero-order chi connectivity index (χ0) is 25.4. The molecular formula is C32H41N3O. The van der Waals surface area contributed by atoms with Gasteiger partial charge in [0.25, 0.3) is 0 Å². The monoisotopic (exact) mass is 483 g/mol. The second-order valence-electron chi connectivity index (χ2n) is 11.6. The van der Waals surface area contributed by atoms with E-state index in [1.807, 2.05) is 6.92 Å². The number of aromatic amines is 1. The Morgan fingerprint density at radius 1 is 1.11 bits per heavy atom. The van der Waals surface area contributed by atoms with E-state index in [0.717, 1.165) is 49.2 Å². The van der Waals surface area contributed by atoms with Gasteiger partial charge in [-0.15, -0.1) is 0 Å². The number of hydrogen-bond acceptors (Lipinski definition) is 2. The van der Waals surface area contributed by atoms with E-state index in [2.05, 4.69) is 85.0 Å². The highest BCUT2D eigenvalue weighted by atomic mass is 16.2. The predicted molar refractivity (Wildman–Crippen MR) is 149 cm³/mol. The summed E-state index contributed by atoms with van der Waals surface area (Å²) in [5.41, 5.74) is 8.78. The molecule has 2 aliphatic rings. The van der Waals surface area contributed by atoms with Crippen LogP contribution in [-0.4, -0.2) is 33.9 Å². The lowest BCUT2D eigenvalue weighted by atomic mass is 9.81. The van der Waals surface area contributed by atoms with Crippen molar-refractivity contribution in [2.75, 3.05) is 13.1 Å². The minimum Gasteiger partial charge on any atom is -0.342 e. The van der Waals surface area contributed by atoms with Gasteiger partial charge in [-0.3, -0.25) is 4.79 Å². The smallest absolute Gasteiger partial charge is 0.222 e. The van der Waals surface area contributed by atoms with Crippen molar-refractivity contribution < 1.29 is 4.79 Å². The Bertz CT molecular complexity index is 1290. The minimum atomic E-state index is 0.370. The molecule has 0 radical (unpaired) electrons. The van der Waals surface area contributed by atoms with Crippen LogP contribution in [0.1, 0.15) is 63.4 Å². The van der Waals surface area contributed by atoms with Crippen LogP contribution in [0.3, 0.4) is 0 Å². The summed E-state index contributed by atoms with van der Waals surface area (Å²) in [7, 11) is 0. The van der Waals surface area contributed by atoms with Crippen molar-refractivity contribution in [3.63, 3.8) is 0 Å². The second-order valence-corrected chi connectivity index (χ2v) is 11.6. The van der Waals surface area contributed by atoms with Gasteiger partial charge in [0.1, 0.15) is 5.82 Å². The molecule has 2 heterocycles. The standard InChI is InChI=1S/C32H41N3O/c1-6-7-24(17-32(36)35-18-28-12-20(2)13-29(28)19-35)22(4)14-27-15-25(9-8-21(27)3)26-10-11-30-31(16-26)34-23(5)33-30/h8-12,15-16,22,24,28-29H,6-7,13-14,17-19H2,1-5H3,(H,33,34). The van der Waals surface area contributed by atoms with Gasteiger partial charge in [-0.05, 0) is 98.1 Å². The number of likely N-dealkylation sites (tertiary alicyclic amines) is 1. The summed E-state index contributed by atoms with van der Waals surface area (Å²) in [6.07, 6.45) is 7.51. The maximum Gasteiger partial charge on any atom is 0.222 e. The first-order chi connectivity index (χ1) is 17.3. The van der Waals surface area contributed by atoms with Crippen molar-refractivity contribution in [2.45, 2.75) is 66.7 Å². The number of carbonyl (C=O) groups is 1. The highest BCUT2D eigenvalue weighted by Gasteiger charge is 2.37. The third-order valence-corrected chi connectivity index (χ3v) is 8.65. The average molecular weight is 484 g/mol. The van der Waals surface area contributed by atoms with E-state index in [1.54, 1.807) is 0 Å². The molecule has 36 heavy (non-hydrogen) atoms. The maximum absolute atomic E-state index is 13.3. The molecule has 1 aliphatic heterocycles. The molecule has 1 N–H and O–H groups in total. The number of hydrogen-bond donors (Lipinski definition) is 1. The van der Waals surface area contributed by atoms with Crippen molar-refractivity contribution in [2.24, 2.45) is 23.7 Å². The molecule has 1 aliphatic carbocycles. The number of nitrogens with zero attached hydrogens (tertiary/aromatic N) is 2. The number of fused-ring (bicyclic) bond motifs is 2. The van der Waals surface area contributed by atoms with Crippen molar-refractivity contribution in [1.29, 1.82) is 0 Å². The first-order valence-electron chi connectivity index (χ1n) is 13.8. The number of nitrogens with one attached hydrogen (secondary N) is 1. The third kappa shape index (κ3) is 5.14. The van der Waals surface area contributed by atoms with Gasteiger partial charge in [-0.25, -0.2) is 4.98 Å². The van der Waals surface area contributed by atoms with Crippen LogP contribution in [0.2, 0.25) is 0 Å². The minimum absolute atomic E-state index is 0.370. The Hall–Kier alpha value is -2.88. The lowest BCUT2D eigenvalue weighted by Crippen LogP contribution is -2.32. The van der Waals surface area contributed by atoms with Crippen LogP contribution in [0, 0.1) is 37.5 Å². The van der Waals surface area contributed by atoms with Crippen LogP contribution in [0.25, 0.3) is 22.2 Å². The number of rotatable bonds is 8. The van der Waals surface area contributed by atoms with Crippen LogP contribution in [0.5, 0.6) is 0 Å². The molecule has 1 fully saturated rings. The Morgan fingerprint density at radius 3 is 2.67 bits per heavy atom. The molecule has 3 aromatic rings. The van der Waals surface area contributed by atoms with Crippen LogP contribution >= 0.6 is 0 Å². The second kappa shape index (κ2) is 10.2. The van der Waals surface area contributed by atoms with Gasteiger partial charge in [0.05, 0.1) is 11.0 Å². The molecule has 1 amide bonds. The number of imidazole rings is 1. The Labute approximate surface area is 216 Å². The normalized spacial score (nSPS) is 21.0. The van der Waals surface area contributed by atoms with Gasteiger partial charge < -0.3 is 9.88 Å². The molecule has 0 bridgehead atoms. The van der Waals surface area contributed by atoms with E-state index >= 15 is 0 Å². The fourth-order valence-corrected chi connectivity index (χ4v) is 6.57. The highest BCUT2D eigenvalue weighted by Crippen LogP contribution is 2.37. The maximum atomic E-state index is 13.3. The number of H-pyrrole nitrogens is 1. The summed E-state index contributed by atoms with van der Waals surface area (Å²) < 4.78 is 0. The van der Waals surface area contributed by atoms with Crippen LogP contribution in [-0.2, 0) is 11.2 Å². The van der Waals surface area contributed by atoms with Gasteiger partial charge in [-0.1, -0.05) is 56.2 Å². The molecule has 4 nitrogen and oxygen atoms in total. The largest absolute Gasteiger partial charge is 0.342 e. The summed E-state index contributed by atoms with van der Waals surface area (Å²) in [6, 6.07) is 13.3. The van der Waals surface area contributed by atoms with Gasteiger partial charge in [0, 0.05) is 19.5 Å². The van der Waals surface area contributed by atoms with Crippen LogP contribution in [0.4, 0.5) is 0 Å². The van der Waals surface area contributed by atoms with Crippen molar-refractivity contribution in [3.8, 4) is 11.1 Å². The van der Waals surface area contributed by atoms with E-state index in [1.165, 1.54) is 34.2 Å². The van der Waals surface area contributed by atoms with Gasteiger partial charge in [-0.2, -0.15) is 0 Å². The van der Waals surface area contributed by atoms with E-state index < -0.39 is 0 Å². The van der Waals surface area contributed by atoms with E-state index in [4.69, 9.17) is 0 Å². The topological polar surface area (TPSA) is 49.0 Å². The number of aromatic nitrogens is 2. The van der Waals surface area contributed by atoms with E-state index in [0.29, 0.717) is 36.0 Å². The molecule has 4 unspecified atom stereocenters. The Kier molecular flexibility index (Phi) is 7.05. The number of aryl methyl sites for hydroxylation is 2. The van der Waals surface area contributed by atoms with Crippen molar-refractivity contribution >= 4 is 16.9 Å². The molecule has 0 spiro atoms. The fourth-order valence-electron chi connectivity index (χ4n) is 6.57. The zero-order valence-electron chi connectivity index (χ0n) is 22.6. The lowest BCUT2D eigenvalue weighted by molar-refractivity contribution is -0.131. The number of amides is 1. The molecule has 190 valence electrons. The molecule has 0 saturated carbocycles. The van der Waals surface area contributed by atoms with E-state index in [9.17, 15) is 4.79 Å². The number of allylic oxidation sites excluding steroid dienone is 1. The lowest BCUT2D eigenvalue weighted by Gasteiger charge is -2.27. The van der Waals surface area contributed by atoms with E-state index in [-0.39, 0.29) is 0 Å². The van der Waals surface area contributed by atoms with Gasteiger partial charge in [0.15, 0.2) is 0 Å². The number of benzene rings is 2. The van der Waals surface area contributed by atoms with Crippen molar-refractivity contribution in [3.05, 3.63) is 65.0 Å². The Balaban J connectivity index is 1.28. The SMILES string of the molecule is CCCC(CC(=O)N1CC2C=C(C)CC2C1)C(C)Cc1cc(-c2ccc3nc(C)[nH]c3c2)ccc1C. The quantitative estimate of drug-likeness (QED) is 0.343.